The van der Waals surface area contributed by atoms with E-state index in [1.807, 2.05) is 19.9 Å². The van der Waals surface area contributed by atoms with Gasteiger partial charge in [-0.15, -0.1) is 0 Å². The van der Waals surface area contributed by atoms with Crippen LogP contribution in [-0.2, 0) is 13.0 Å². The molecule has 0 bridgehead atoms. The van der Waals surface area contributed by atoms with Crippen molar-refractivity contribution in [2.75, 3.05) is 0 Å². The van der Waals surface area contributed by atoms with Gasteiger partial charge in [-0.05, 0) is 56.6 Å². The van der Waals surface area contributed by atoms with E-state index in [0.717, 1.165) is 55.6 Å². The zero-order chi connectivity index (χ0) is 21.0. The molecule has 1 N–H and O–H groups in total. The Labute approximate surface area is 175 Å². The van der Waals surface area contributed by atoms with Gasteiger partial charge in [-0.1, -0.05) is 57.5 Å². The molecule has 1 unspecified atom stereocenters. The van der Waals surface area contributed by atoms with Gasteiger partial charge >= 0.3 is 0 Å². The molecular formula is C26H36N2O. The SMILES string of the molecule is C=C/C(CCC(O)C(CC)CC)=C(\N=C(C)C)c1cn2c3c(cccc13)CCC2. The molecule has 2 heterocycles. The van der Waals surface area contributed by atoms with Crippen LogP contribution in [0.25, 0.3) is 16.6 Å². The Morgan fingerprint density at radius 3 is 2.69 bits per heavy atom. The maximum absolute atomic E-state index is 10.6. The molecule has 3 heteroatoms. The molecule has 0 aliphatic carbocycles. The number of hydrogen-bond acceptors (Lipinski definition) is 2. The summed E-state index contributed by atoms with van der Waals surface area (Å²) in [4.78, 5) is 4.96. The number of para-hydroxylation sites is 1. The molecule has 1 aliphatic heterocycles. The number of hydrogen-bond donors (Lipinski definition) is 1. The second-order valence-corrected chi connectivity index (χ2v) is 8.47. The van der Waals surface area contributed by atoms with E-state index in [0.29, 0.717) is 5.92 Å². The lowest BCUT2D eigenvalue weighted by Crippen LogP contribution is -2.19. The largest absolute Gasteiger partial charge is 0.393 e. The Morgan fingerprint density at radius 1 is 1.28 bits per heavy atom. The summed E-state index contributed by atoms with van der Waals surface area (Å²) in [6.07, 6.45) is 9.84. The van der Waals surface area contributed by atoms with Gasteiger partial charge in [-0.2, -0.15) is 0 Å². The van der Waals surface area contributed by atoms with E-state index >= 15 is 0 Å². The van der Waals surface area contributed by atoms with Crippen molar-refractivity contribution in [2.45, 2.75) is 78.9 Å². The van der Waals surface area contributed by atoms with Crippen molar-refractivity contribution in [1.82, 2.24) is 4.57 Å². The third-order valence-electron chi connectivity index (χ3n) is 6.27. The average molecular weight is 393 g/mol. The first kappa shape index (κ1) is 21.6. The van der Waals surface area contributed by atoms with Gasteiger partial charge in [0.25, 0.3) is 0 Å². The molecule has 0 saturated carbocycles. The highest BCUT2D eigenvalue weighted by molar-refractivity contribution is 5.98. The molecule has 1 atom stereocenters. The summed E-state index contributed by atoms with van der Waals surface area (Å²) in [5.41, 5.74) is 7.15. The van der Waals surface area contributed by atoms with Gasteiger partial charge in [0.15, 0.2) is 0 Å². The van der Waals surface area contributed by atoms with Crippen LogP contribution in [0.5, 0.6) is 0 Å². The van der Waals surface area contributed by atoms with Crippen LogP contribution in [0, 0.1) is 5.92 Å². The zero-order valence-corrected chi connectivity index (χ0v) is 18.5. The van der Waals surface area contributed by atoms with Crippen molar-refractivity contribution < 1.29 is 5.11 Å². The lowest BCUT2D eigenvalue weighted by molar-refractivity contribution is 0.0947. The molecule has 3 nitrogen and oxygen atoms in total. The van der Waals surface area contributed by atoms with Crippen molar-refractivity contribution in [3.8, 4) is 0 Å². The number of nitrogens with zero attached hydrogens (tertiary/aromatic N) is 2. The molecule has 0 amide bonds. The molecule has 0 spiro atoms. The van der Waals surface area contributed by atoms with Crippen LogP contribution in [0.1, 0.15) is 70.9 Å². The third kappa shape index (κ3) is 4.56. The first-order valence-corrected chi connectivity index (χ1v) is 11.2. The van der Waals surface area contributed by atoms with E-state index in [1.54, 1.807) is 0 Å². The van der Waals surface area contributed by atoms with E-state index in [-0.39, 0.29) is 6.10 Å². The van der Waals surface area contributed by atoms with Crippen molar-refractivity contribution in [1.29, 1.82) is 0 Å². The maximum Gasteiger partial charge on any atom is 0.0754 e. The average Bonchev–Trinajstić information content (AvgIpc) is 3.09. The van der Waals surface area contributed by atoms with Gasteiger partial charge in [0.1, 0.15) is 0 Å². The monoisotopic (exact) mass is 392 g/mol. The number of allylic oxidation sites excluding steroid dienone is 2. The van der Waals surface area contributed by atoms with Gasteiger partial charge in [0.2, 0.25) is 0 Å². The van der Waals surface area contributed by atoms with Crippen LogP contribution in [0.15, 0.2) is 47.6 Å². The minimum absolute atomic E-state index is 0.275. The lowest BCUT2D eigenvalue weighted by atomic mass is 9.91. The highest BCUT2D eigenvalue weighted by Gasteiger charge is 2.21. The molecule has 1 aromatic carbocycles. The molecule has 156 valence electrons. The second-order valence-electron chi connectivity index (χ2n) is 8.47. The van der Waals surface area contributed by atoms with E-state index in [1.165, 1.54) is 28.5 Å². The van der Waals surface area contributed by atoms with Crippen LogP contribution in [0.4, 0.5) is 0 Å². The number of benzene rings is 1. The minimum atomic E-state index is -0.275. The molecule has 0 saturated heterocycles. The Bertz CT molecular complexity index is 924. The fraction of sp³-hybridized carbons (Fsp3) is 0.500. The molecular weight excluding hydrogens is 356 g/mol. The van der Waals surface area contributed by atoms with Crippen molar-refractivity contribution in [2.24, 2.45) is 10.9 Å². The van der Waals surface area contributed by atoms with Crippen molar-refractivity contribution in [3.63, 3.8) is 0 Å². The van der Waals surface area contributed by atoms with Gasteiger partial charge in [0, 0.05) is 29.4 Å². The van der Waals surface area contributed by atoms with Gasteiger partial charge in [-0.3, -0.25) is 4.99 Å². The topological polar surface area (TPSA) is 37.5 Å². The molecule has 1 aromatic heterocycles. The fourth-order valence-corrected chi connectivity index (χ4v) is 4.66. The first-order valence-electron chi connectivity index (χ1n) is 11.2. The summed E-state index contributed by atoms with van der Waals surface area (Å²) in [7, 11) is 0. The quantitative estimate of drug-likeness (QED) is 0.382. The number of aliphatic hydroxyl groups excluding tert-OH is 1. The van der Waals surface area contributed by atoms with Crippen LogP contribution >= 0.6 is 0 Å². The summed E-state index contributed by atoms with van der Waals surface area (Å²) in [6.45, 7) is 13.6. The molecule has 29 heavy (non-hydrogen) atoms. The first-order chi connectivity index (χ1) is 14.0. The lowest BCUT2D eigenvalue weighted by Gasteiger charge is -2.20. The summed E-state index contributed by atoms with van der Waals surface area (Å²) in [5.74, 6) is 0.361. The van der Waals surface area contributed by atoms with E-state index in [4.69, 9.17) is 4.99 Å². The smallest absolute Gasteiger partial charge is 0.0754 e. The molecule has 3 rings (SSSR count). The third-order valence-corrected chi connectivity index (χ3v) is 6.27. The Hall–Kier alpha value is -2.13. The van der Waals surface area contributed by atoms with Crippen LogP contribution in [-0.4, -0.2) is 21.5 Å². The second kappa shape index (κ2) is 9.58. The van der Waals surface area contributed by atoms with E-state index < -0.39 is 0 Å². The highest BCUT2D eigenvalue weighted by atomic mass is 16.3. The van der Waals surface area contributed by atoms with Crippen molar-refractivity contribution >= 4 is 22.3 Å². The van der Waals surface area contributed by atoms with E-state index in [9.17, 15) is 5.11 Å². The molecule has 2 aromatic rings. The number of aliphatic imine (C=N–C) groups is 1. The number of rotatable bonds is 9. The molecule has 0 radical (unpaired) electrons. The normalized spacial score (nSPS) is 15.4. The Morgan fingerprint density at radius 2 is 2.03 bits per heavy atom. The van der Waals surface area contributed by atoms with Gasteiger partial charge in [0.05, 0.1) is 17.3 Å². The number of aryl methyl sites for hydroxylation is 2. The molecule has 0 fully saturated rings. The number of aromatic nitrogens is 1. The van der Waals surface area contributed by atoms with E-state index in [2.05, 4.69) is 49.4 Å². The van der Waals surface area contributed by atoms with Crippen LogP contribution < -0.4 is 0 Å². The van der Waals surface area contributed by atoms with Gasteiger partial charge in [-0.25, -0.2) is 0 Å². The number of aliphatic hydroxyl groups is 1. The highest BCUT2D eigenvalue weighted by Crippen LogP contribution is 2.36. The van der Waals surface area contributed by atoms with Crippen LogP contribution in [0.3, 0.4) is 0 Å². The maximum atomic E-state index is 10.6. The summed E-state index contributed by atoms with van der Waals surface area (Å²) in [5, 5.41) is 11.9. The molecule has 1 aliphatic rings. The Balaban J connectivity index is 2.06. The predicted octanol–water partition coefficient (Wildman–Crippen LogP) is 6.54. The summed E-state index contributed by atoms with van der Waals surface area (Å²) < 4.78 is 2.39. The minimum Gasteiger partial charge on any atom is -0.393 e. The standard InChI is InChI=1S/C26H36N2O/c1-6-19(7-2)24(29)15-14-20(8-3)25(27-18(4)5)23-17-28-16-10-12-21-11-9-13-22(23)26(21)28/h8-9,11,13,17,19,24,29H,3,6-7,10,12,14-16H2,1-2,4-5H3/b25-20+. The fourth-order valence-electron chi connectivity index (χ4n) is 4.66. The zero-order valence-electron chi connectivity index (χ0n) is 18.5. The summed E-state index contributed by atoms with van der Waals surface area (Å²) >= 11 is 0. The predicted molar refractivity (Wildman–Crippen MR) is 125 cm³/mol. The summed E-state index contributed by atoms with van der Waals surface area (Å²) in [6, 6.07) is 6.64. The van der Waals surface area contributed by atoms with Crippen molar-refractivity contribution in [3.05, 3.63) is 53.8 Å². The van der Waals surface area contributed by atoms with Gasteiger partial charge < -0.3 is 9.67 Å². The van der Waals surface area contributed by atoms with Crippen LogP contribution in [0.2, 0.25) is 0 Å². The Kier molecular flexibility index (Phi) is 7.13.